The molecule has 0 aromatic heterocycles. The van der Waals surface area contributed by atoms with E-state index in [1.165, 1.54) is 18.2 Å². The SMILES string of the molecule is Cc1ccc2c(c1)NC(C(=O)Nc1ccc(C)c(F)c1)NS2(=O)=O. The molecule has 0 aliphatic carbocycles. The molecule has 0 spiro atoms. The van der Waals surface area contributed by atoms with Crippen molar-refractivity contribution in [3.63, 3.8) is 0 Å². The maximum Gasteiger partial charge on any atom is 0.262 e. The number of carbonyl (C=O) groups is 1. The predicted octanol–water partition coefficient (Wildman–Crippen LogP) is 2.11. The van der Waals surface area contributed by atoms with Crippen LogP contribution in [0.3, 0.4) is 0 Å². The Kier molecular flexibility index (Phi) is 4.02. The Balaban J connectivity index is 1.85. The van der Waals surface area contributed by atoms with Gasteiger partial charge in [0.1, 0.15) is 10.7 Å². The lowest BCUT2D eigenvalue weighted by molar-refractivity contribution is -0.117. The summed E-state index contributed by atoms with van der Waals surface area (Å²) in [5, 5.41) is 5.34. The summed E-state index contributed by atoms with van der Waals surface area (Å²) in [6, 6.07) is 9.06. The number of amides is 1. The molecule has 1 aliphatic heterocycles. The Bertz CT molecular complexity index is 928. The predicted molar refractivity (Wildman–Crippen MR) is 88.7 cm³/mol. The number of sulfonamides is 1. The zero-order chi connectivity index (χ0) is 17.5. The molecule has 8 heteroatoms. The summed E-state index contributed by atoms with van der Waals surface area (Å²) in [7, 11) is -3.81. The highest BCUT2D eigenvalue weighted by molar-refractivity contribution is 7.89. The Labute approximate surface area is 139 Å². The third kappa shape index (κ3) is 3.10. The van der Waals surface area contributed by atoms with Crippen molar-refractivity contribution in [3.05, 3.63) is 53.3 Å². The van der Waals surface area contributed by atoms with Crippen LogP contribution >= 0.6 is 0 Å². The zero-order valence-electron chi connectivity index (χ0n) is 13.1. The number of carbonyl (C=O) groups excluding carboxylic acids is 1. The monoisotopic (exact) mass is 349 g/mol. The molecule has 1 amide bonds. The molecule has 0 fully saturated rings. The molecule has 3 N–H and O–H groups in total. The van der Waals surface area contributed by atoms with Crippen LogP contribution in [0.4, 0.5) is 15.8 Å². The van der Waals surface area contributed by atoms with E-state index in [4.69, 9.17) is 0 Å². The molecular weight excluding hydrogens is 333 g/mol. The minimum Gasteiger partial charge on any atom is -0.360 e. The first-order chi connectivity index (χ1) is 11.3. The Hall–Kier alpha value is -2.45. The molecule has 1 heterocycles. The van der Waals surface area contributed by atoms with Crippen molar-refractivity contribution in [3.8, 4) is 0 Å². The molecule has 24 heavy (non-hydrogen) atoms. The van der Waals surface area contributed by atoms with Gasteiger partial charge in [0.05, 0.1) is 5.69 Å². The van der Waals surface area contributed by atoms with Crippen LogP contribution in [-0.2, 0) is 14.8 Å². The number of fused-ring (bicyclic) bond motifs is 1. The molecular formula is C16H16FN3O3S. The topological polar surface area (TPSA) is 87.3 Å². The lowest BCUT2D eigenvalue weighted by atomic mass is 10.2. The molecule has 0 saturated heterocycles. The van der Waals surface area contributed by atoms with Crippen LogP contribution in [0, 0.1) is 19.7 Å². The minimum absolute atomic E-state index is 0.0820. The average Bonchev–Trinajstić information content (AvgIpc) is 2.49. The molecule has 0 bridgehead atoms. The van der Waals surface area contributed by atoms with E-state index in [1.54, 1.807) is 25.1 Å². The van der Waals surface area contributed by atoms with Crippen molar-refractivity contribution in [2.45, 2.75) is 24.9 Å². The van der Waals surface area contributed by atoms with Gasteiger partial charge in [-0.15, -0.1) is 0 Å². The average molecular weight is 349 g/mol. The van der Waals surface area contributed by atoms with E-state index < -0.39 is 27.9 Å². The van der Waals surface area contributed by atoms with Gasteiger partial charge in [0.15, 0.2) is 6.17 Å². The standard InChI is InChI=1S/C16H16FN3O3S/c1-9-3-6-14-13(7-9)19-15(20-24(14,22)23)16(21)18-11-5-4-10(2)12(17)8-11/h3-8,15,19-20H,1-2H3,(H,18,21). The molecule has 3 rings (SSSR count). The van der Waals surface area contributed by atoms with Gasteiger partial charge in [0.2, 0.25) is 10.0 Å². The first-order valence-electron chi connectivity index (χ1n) is 7.23. The van der Waals surface area contributed by atoms with Gasteiger partial charge in [-0.1, -0.05) is 12.1 Å². The number of benzene rings is 2. The summed E-state index contributed by atoms with van der Waals surface area (Å²) >= 11 is 0. The van der Waals surface area contributed by atoms with Crippen LogP contribution < -0.4 is 15.4 Å². The molecule has 1 aliphatic rings. The van der Waals surface area contributed by atoms with Crippen LogP contribution in [0.2, 0.25) is 0 Å². The number of hydrogen-bond acceptors (Lipinski definition) is 4. The normalized spacial score (nSPS) is 18.4. The van der Waals surface area contributed by atoms with Gasteiger partial charge >= 0.3 is 0 Å². The van der Waals surface area contributed by atoms with Gasteiger partial charge in [-0.25, -0.2) is 12.8 Å². The van der Waals surface area contributed by atoms with Crippen LogP contribution in [-0.4, -0.2) is 20.5 Å². The number of hydrogen-bond donors (Lipinski definition) is 3. The molecule has 2 aromatic carbocycles. The van der Waals surface area contributed by atoms with Crippen LogP contribution in [0.25, 0.3) is 0 Å². The Morgan fingerprint density at radius 1 is 1.17 bits per heavy atom. The van der Waals surface area contributed by atoms with E-state index in [9.17, 15) is 17.6 Å². The minimum atomic E-state index is -3.81. The zero-order valence-corrected chi connectivity index (χ0v) is 13.9. The van der Waals surface area contributed by atoms with E-state index in [-0.39, 0.29) is 10.6 Å². The third-order valence-electron chi connectivity index (χ3n) is 3.70. The van der Waals surface area contributed by atoms with Crippen molar-refractivity contribution < 1.29 is 17.6 Å². The quantitative estimate of drug-likeness (QED) is 0.775. The lowest BCUT2D eigenvalue weighted by Crippen LogP contribution is -2.51. The van der Waals surface area contributed by atoms with Crippen LogP contribution in [0.1, 0.15) is 11.1 Å². The summed E-state index contributed by atoms with van der Waals surface area (Å²) < 4.78 is 40.3. The molecule has 1 unspecified atom stereocenters. The number of halogens is 1. The van der Waals surface area contributed by atoms with E-state index in [1.807, 2.05) is 6.92 Å². The van der Waals surface area contributed by atoms with Crippen molar-refractivity contribution >= 4 is 27.3 Å². The first kappa shape index (κ1) is 16.4. The van der Waals surface area contributed by atoms with Gasteiger partial charge in [0.25, 0.3) is 5.91 Å². The van der Waals surface area contributed by atoms with Crippen LogP contribution in [0.5, 0.6) is 0 Å². The summed E-state index contributed by atoms with van der Waals surface area (Å²) in [4.78, 5) is 12.4. The molecule has 1 atom stereocenters. The van der Waals surface area contributed by atoms with Crippen LogP contribution in [0.15, 0.2) is 41.3 Å². The van der Waals surface area contributed by atoms with E-state index >= 15 is 0 Å². The second-order valence-corrected chi connectivity index (χ2v) is 7.33. The summed E-state index contributed by atoms with van der Waals surface area (Å²) in [6.45, 7) is 3.43. The first-order valence-corrected chi connectivity index (χ1v) is 8.71. The molecule has 2 aromatic rings. The fourth-order valence-corrected chi connectivity index (χ4v) is 3.66. The van der Waals surface area contributed by atoms with Crippen molar-refractivity contribution in [1.82, 2.24) is 4.72 Å². The fourth-order valence-electron chi connectivity index (χ4n) is 2.40. The molecule has 6 nitrogen and oxygen atoms in total. The number of aryl methyl sites for hydroxylation is 2. The lowest BCUT2D eigenvalue weighted by Gasteiger charge is -2.27. The van der Waals surface area contributed by atoms with Crippen molar-refractivity contribution in [2.75, 3.05) is 10.6 Å². The molecule has 126 valence electrons. The number of rotatable bonds is 2. The van der Waals surface area contributed by atoms with Gasteiger partial charge in [-0.3, -0.25) is 4.79 Å². The summed E-state index contributed by atoms with van der Waals surface area (Å²) in [6.07, 6.45) is -1.19. The van der Waals surface area contributed by atoms with Crippen molar-refractivity contribution in [1.29, 1.82) is 0 Å². The Morgan fingerprint density at radius 2 is 1.92 bits per heavy atom. The number of anilines is 2. The largest absolute Gasteiger partial charge is 0.360 e. The maximum atomic E-state index is 13.6. The smallest absolute Gasteiger partial charge is 0.262 e. The van der Waals surface area contributed by atoms with Gasteiger partial charge in [-0.2, -0.15) is 4.72 Å². The van der Waals surface area contributed by atoms with Gasteiger partial charge < -0.3 is 10.6 Å². The highest BCUT2D eigenvalue weighted by Gasteiger charge is 2.33. The highest BCUT2D eigenvalue weighted by Crippen LogP contribution is 2.27. The maximum absolute atomic E-state index is 13.6. The Morgan fingerprint density at radius 3 is 2.62 bits per heavy atom. The highest BCUT2D eigenvalue weighted by atomic mass is 32.2. The van der Waals surface area contributed by atoms with Crippen molar-refractivity contribution in [2.24, 2.45) is 0 Å². The van der Waals surface area contributed by atoms with E-state index in [0.717, 1.165) is 5.56 Å². The van der Waals surface area contributed by atoms with E-state index in [2.05, 4.69) is 15.4 Å². The molecule has 0 radical (unpaired) electrons. The number of nitrogens with one attached hydrogen (secondary N) is 3. The molecule has 0 saturated carbocycles. The summed E-state index contributed by atoms with van der Waals surface area (Å²) in [5.41, 5.74) is 1.91. The van der Waals surface area contributed by atoms with Gasteiger partial charge in [0, 0.05) is 5.69 Å². The second kappa shape index (κ2) is 5.88. The summed E-state index contributed by atoms with van der Waals surface area (Å²) in [5.74, 6) is -1.08. The third-order valence-corrected chi connectivity index (χ3v) is 5.18. The van der Waals surface area contributed by atoms with Gasteiger partial charge in [-0.05, 0) is 49.2 Å². The fraction of sp³-hybridized carbons (Fsp3) is 0.188. The van der Waals surface area contributed by atoms with E-state index in [0.29, 0.717) is 11.3 Å². The second-order valence-electron chi connectivity index (χ2n) is 5.65.